The van der Waals surface area contributed by atoms with Gasteiger partial charge in [-0.2, -0.15) is 5.10 Å². The number of aromatic nitrogens is 3. The van der Waals surface area contributed by atoms with Gasteiger partial charge in [0.05, 0.1) is 5.69 Å². The second kappa shape index (κ2) is 8.38. The molecule has 1 N–H and O–H groups in total. The first-order chi connectivity index (χ1) is 12.6. The van der Waals surface area contributed by atoms with Crippen LogP contribution in [-0.2, 0) is 24.1 Å². The number of carbonyl (C=O) groups excluding carboxylic acids is 1. The van der Waals surface area contributed by atoms with Crippen molar-refractivity contribution in [2.75, 3.05) is 6.54 Å². The van der Waals surface area contributed by atoms with Gasteiger partial charge in [0.25, 0.3) is 0 Å². The van der Waals surface area contributed by atoms with Crippen LogP contribution in [0.4, 0.5) is 4.39 Å². The third-order valence-electron chi connectivity index (χ3n) is 3.99. The standard InChI is InChI=1S/C20H21FN4O/c1-15(26)22-14-13-20-23-19(12-7-16-5-3-2-4-6-16)24-25(20)18-10-8-17(21)9-11-18/h2-6,8-11H,7,12-14H2,1H3,(H,22,26). The van der Waals surface area contributed by atoms with E-state index in [1.807, 2.05) is 18.2 Å². The molecule has 6 heteroatoms. The van der Waals surface area contributed by atoms with Crippen molar-refractivity contribution >= 4 is 5.91 Å². The molecule has 0 atom stereocenters. The third kappa shape index (κ3) is 4.75. The SMILES string of the molecule is CC(=O)NCCc1nc(CCc2ccccc2)nn1-c1ccc(F)cc1. The molecule has 3 aromatic rings. The Morgan fingerprint density at radius 1 is 1.04 bits per heavy atom. The van der Waals surface area contributed by atoms with Gasteiger partial charge in [-0.05, 0) is 36.2 Å². The van der Waals surface area contributed by atoms with E-state index in [1.54, 1.807) is 16.8 Å². The monoisotopic (exact) mass is 352 g/mol. The van der Waals surface area contributed by atoms with Gasteiger partial charge in [0, 0.05) is 26.3 Å². The van der Waals surface area contributed by atoms with Gasteiger partial charge in [-0.3, -0.25) is 4.79 Å². The average molecular weight is 352 g/mol. The summed E-state index contributed by atoms with van der Waals surface area (Å²) in [6, 6.07) is 16.3. The van der Waals surface area contributed by atoms with Crippen LogP contribution in [-0.4, -0.2) is 27.2 Å². The summed E-state index contributed by atoms with van der Waals surface area (Å²) >= 11 is 0. The van der Waals surface area contributed by atoms with E-state index in [1.165, 1.54) is 24.6 Å². The molecule has 0 spiro atoms. The van der Waals surface area contributed by atoms with E-state index in [0.717, 1.165) is 23.8 Å². The number of hydrogen-bond acceptors (Lipinski definition) is 3. The Balaban J connectivity index is 1.79. The Hall–Kier alpha value is -3.02. The fourth-order valence-corrected chi connectivity index (χ4v) is 2.70. The van der Waals surface area contributed by atoms with E-state index in [4.69, 9.17) is 0 Å². The van der Waals surface area contributed by atoms with Crippen molar-refractivity contribution in [1.29, 1.82) is 0 Å². The maximum absolute atomic E-state index is 13.2. The zero-order valence-electron chi connectivity index (χ0n) is 14.7. The summed E-state index contributed by atoms with van der Waals surface area (Å²) < 4.78 is 14.9. The highest BCUT2D eigenvalue weighted by molar-refractivity contribution is 5.72. The molecular weight excluding hydrogens is 331 g/mol. The highest BCUT2D eigenvalue weighted by Gasteiger charge is 2.12. The lowest BCUT2D eigenvalue weighted by Crippen LogP contribution is -2.23. The molecule has 2 aromatic carbocycles. The van der Waals surface area contributed by atoms with Gasteiger partial charge in [-0.1, -0.05) is 30.3 Å². The number of nitrogens with one attached hydrogen (secondary N) is 1. The number of aryl methyl sites for hydroxylation is 2. The van der Waals surface area contributed by atoms with Gasteiger partial charge in [-0.15, -0.1) is 0 Å². The fourth-order valence-electron chi connectivity index (χ4n) is 2.70. The second-order valence-corrected chi connectivity index (χ2v) is 6.05. The normalized spacial score (nSPS) is 10.7. The summed E-state index contributed by atoms with van der Waals surface area (Å²) in [6.45, 7) is 1.96. The lowest BCUT2D eigenvalue weighted by Gasteiger charge is -2.06. The molecule has 0 unspecified atom stereocenters. The van der Waals surface area contributed by atoms with Crippen LogP contribution in [0.15, 0.2) is 54.6 Å². The zero-order valence-corrected chi connectivity index (χ0v) is 14.7. The van der Waals surface area contributed by atoms with Crippen LogP contribution >= 0.6 is 0 Å². The lowest BCUT2D eigenvalue weighted by atomic mass is 10.1. The zero-order chi connectivity index (χ0) is 18.4. The number of halogens is 1. The minimum absolute atomic E-state index is 0.0813. The van der Waals surface area contributed by atoms with Crippen LogP contribution in [0.2, 0.25) is 0 Å². The summed E-state index contributed by atoms with van der Waals surface area (Å²) in [4.78, 5) is 15.7. The summed E-state index contributed by atoms with van der Waals surface area (Å²) in [5.41, 5.74) is 1.98. The number of hydrogen-bond donors (Lipinski definition) is 1. The third-order valence-corrected chi connectivity index (χ3v) is 3.99. The molecule has 1 heterocycles. The van der Waals surface area contributed by atoms with Crippen molar-refractivity contribution < 1.29 is 9.18 Å². The molecule has 0 fully saturated rings. The van der Waals surface area contributed by atoms with E-state index in [-0.39, 0.29) is 11.7 Å². The summed E-state index contributed by atoms with van der Waals surface area (Å²) in [7, 11) is 0. The number of benzene rings is 2. The molecule has 0 saturated heterocycles. The minimum Gasteiger partial charge on any atom is -0.356 e. The predicted molar refractivity (Wildman–Crippen MR) is 97.6 cm³/mol. The van der Waals surface area contributed by atoms with Crippen molar-refractivity contribution in [3.63, 3.8) is 0 Å². The van der Waals surface area contributed by atoms with Crippen LogP contribution in [0.1, 0.15) is 24.1 Å². The molecule has 0 aliphatic carbocycles. The van der Waals surface area contributed by atoms with Gasteiger partial charge in [0.15, 0.2) is 5.82 Å². The van der Waals surface area contributed by atoms with E-state index in [0.29, 0.717) is 19.4 Å². The number of amides is 1. The quantitative estimate of drug-likeness (QED) is 0.711. The summed E-state index contributed by atoms with van der Waals surface area (Å²) in [6.07, 6.45) is 2.11. The Labute approximate surface area is 151 Å². The molecule has 134 valence electrons. The topological polar surface area (TPSA) is 59.8 Å². The van der Waals surface area contributed by atoms with Crippen molar-refractivity contribution in [3.8, 4) is 5.69 Å². The summed E-state index contributed by atoms with van der Waals surface area (Å²) in [5.74, 6) is 1.10. The van der Waals surface area contributed by atoms with E-state index < -0.39 is 0 Å². The first-order valence-electron chi connectivity index (χ1n) is 8.61. The summed E-state index contributed by atoms with van der Waals surface area (Å²) in [5, 5.41) is 7.36. The highest BCUT2D eigenvalue weighted by Crippen LogP contribution is 2.13. The van der Waals surface area contributed by atoms with E-state index in [2.05, 4.69) is 27.5 Å². The Bertz CT molecular complexity index is 859. The van der Waals surface area contributed by atoms with Crippen molar-refractivity contribution in [1.82, 2.24) is 20.1 Å². The van der Waals surface area contributed by atoms with E-state index in [9.17, 15) is 9.18 Å². The van der Waals surface area contributed by atoms with Gasteiger partial charge in [0.1, 0.15) is 11.6 Å². The molecule has 26 heavy (non-hydrogen) atoms. The molecule has 0 bridgehead atoms. The van der Waals surface area contributed by atoms with Crippen LogP contribution in [0.5, 0.6) is 0 Å². The molecule has 1 amide bonds. The maximum atomic E-state index is 13.2. The first kappa shape index (κ1) is 17.8. The second-order valence-electron chi connectivity index (χ2n) is 6.05. The number of carbonyl (C=O) groups is 1. The van der Waals surface area contributed by atoms with Crippen LogP contribution in [0.3, 0.4) is 0 Å². The Morgan fingerprint density at radius 3 is 2.46 bits per heavy atom. The minimum atomic E-state index is -0.294. The predicted octanol–water partition coefficient (Wildman–Crippen LogP) is 2.87. The highest BCUT2D eigenvalue weighted by atomic mass is 19.1. The molecule has 0 aliphatic rings. The van der Waals surface area contributed by atoms with Crippen LogP contribution in [0, 0.1) is 5.82 Å². The van der Waals surface area contributed by atoms with Crippen molar-refractivity contribution in [2.45, 2.75) is 26.2 Å². The van der Waals surface area contributed by atoms with Gasteiger partial charge in [-0.25, -0.2) is 14.1 Å². The van der Waals surface area contributed by atoms with E-state index >= 15 is 0 Å². The average Bonchev–Trinajstić information content (AvgIpc) is 3.04. The maximum Gasteiger partial charge on any atom is 0.216 e. The first-order valence-corrected chi connectivity index (χ1v) is 8.61. The van der Waals surface area contributed by atoms with Gasteiger partial charge < -0.3 is 5.32 Å². The Kier molecular flexibility index (Phi) is 5.73. The molecule has 0 aliphatic heterocycles. The smallest absolute Gasteiger partial charge is 0.216 e. The largest absolute Gasteiger partial charge is 0.356 e. The molecule has 3 rings (SSSR count). The molecule has 0 saturated carbocycles. The molecule has 0 radical (unpaired) electrons. The Morgan fingerprint density at radius 2 is 1.77 bits per heavy atom. The van der Waals surface area contributed by atoms with Crippen LogP contribution < -0.4 is 5.32 Å². The molecular formula is C20H21FN4O. The number of rotatable bonds is 7. The van der Waals surface area contributed by atoms with Gasteiger partial charge in [0.2, 0.25) is 5.91 Å². The van der Waals surface area contributed by atoms with Gasteiger partial charge >= 0.3 is 0 Å². The molecule has 1 aromatic heterocycles. The fraction of sp³-hybridized carbons (Fsp3) is 0.250. The van der Waals surface area contributed by atoms with Crippen molar-refractivity contribution in [2.24, 2.45) is 0 Å². The molecule has 5 nitrogen and oxygen atoms in total. The number of nitrogens with zero attached hydrogens (tertiary/aromatic N) is 3. The van der Waals surface area contributed by atoms with Crippen molar-refractivity contribution in [3.05, 3.63) is 77.6 Å². The lowest BCUT2D eigenvalue weighted by molar-refractivity contribution is -0.118. The van der Waals surface area contributed by atoms with Crippen LogP contribution in [0.25, 0.3) is 5.69 Å².